The lowest BCUT2D eigenvalue weighted by Gasteiger charge is -2.40. The van der Waals surface area contributed by atoms with E-state index in [2.05, 4.69) is 20.3 Å². The zero-order valence-electron chi connectivity index (χ0n) is 35.6. The van der Waals surface area contributed by atoms with Crippen LogP contribution in [0.5, 0.6) is 0 Å². The molecular weight excluding hydrogens is 830 g/mol. The maximum atomic E-state index is 18.4. The van der Waals surface area contributed by atoms with Crippen molar-refractivity contribution in [1.29, 1.82) is 0 Å². The maximum Gasteiger partial charge on any atom is 0.280 e. The van der Waals surface area contributed by atoms with E-state index in [9.17, 15) is 9.59 Å². The molecule has 11 heteroatoms. The molecule has 1 amide bonds. The fourth-order valence-electron chi connectivity index (χ4n) is 9.04. The number of H-pyrrole nitrogens is 1. The van der Waals surface area contributed by atoms with Crippen molar-refractivity contribution in [3.8, 4) is 0 Å². The van der Waals surface area contributed by atoms with Gasteiger partial charge in [0.1, 0.15) is 23.4 Å². The SMILES string of the molecule is O=C(Nc1nc2c(ncn2[C@@H]2O[C@H](COC(c3ccccc3)(c3ccccc3)c3ccccc3)[C@@H](OC(c3ccccc3)(c3ccccc3)c3ccccc3)[C@@H]2F)c(=O)[nH]1)c1ccccc1. The van der Waals surface area contributed by atoms with Gasteiger partial charge in [0.15, 0.2) is 23.6 Å². The van der Waals surface area contributed by atoms with Crippen LogP contribution in [-0.2, 0) is 25.4 Å². The number of amides is 1. The van der Waals surface area contributed by atoms with Crippen molar-refractivity contribution in [2.24, 2.45) is 0 Å². The van der Waals surface area contributed by atoms with Gasteiger partial charge in [-0.1, -0.05) is 200 Å². The Hall–Kier alpha value is -7.83. The number of benzene rings is 7. The van der Waals surface area contributed by atoms with Gasteiger partial charge in [0.25, 0.3) is 11.5 Å². The molecule has 4 atom stereocenters. The van der Waals surface area contributed by atoms with Crippen molar-refractivity contribution < 1.29 is 23.4 Å². The van der Waals surface area contributed by atoms with Gasteiger partial charge in [0, 0.05) is 5.56 Å². The molecule has 2 N–H and O–H groups in total. The summed E-state index contributed by atoms with van der Waals surface area (Å²) >= 11 is 0. The highest BCUT2D eigenvalue weighted by Gasteiger charge is 2.53. The van der Waals surface area contributed by atoms with Gasteiger partial charge in [-0.2, -0.15) is 4.98 Å². The largest absolute Gasteiger partial charge is 0.358 e. The van der Waals surface area contributed by atoms with Gasteiger partial charge in [-0.15, -0.1) is 0 Å². The third kappa shape index (κ3) is 7.79. The second-order valence-corrected chi connectivity index (χ2v) is 16.0. The number of carbonyl (C=O) groups excluding carboxylic acids is 1. The summed E-state index contributed by atoms with van der Waals surface area (Å²) in [5, 5.41) is 2.67. The van der Waals surface area contributed by atoms with Gasteiger partial charge < -0.3 is 14.2 Å². The summed E-state index contributed by atoms with van der Waals surface area (Å²) in [6, 6.07) is 67.5. The number of nitrogens with one attached hydrogen (secondary N) is 2. The molecule has 0 radical (unpaired) electrons. The number of aromatic nitrogens is 4. The summed E-state index contributed by atoms with van der Waals surface area (Å²) in [6.07, 6.45) is -4.37. The van der Waals surface area contributed by atoms with Gasteiger partial charge in [-0.25, -0.2) is 9.37 Å². The number of ether oxygens (including phenoxy) is 3. The molecular formula is C55H44FN5O5. The lowest BCUT2D eigenvalue weighted by molar-refractivity contribution is -0.128. The summed E-state index contributed by atoms with van der Waals surface area (Å²) < 4.78 is 41.5. The molecule has 0 saturated carbocycles. The van der Waals surface area contributed by atoms with Crippen LogP contribution in [0, 0.1) is 0 Å². The van der Waals surface area contributed by atoms with Crippen LogP contribution in [0.4, 0.5) is 10.3 Å². The Labute approximate surface area is 380 Å². The van der Waals surface area contributed by atoms with Crippen molar-refractivity contribution in [2.75, 3.05) is 11.9 Å². The third-order valence-corrected chi connectivity index (χ3v) is 12.1. The lowest BCUT2D eigenvalue weighted by atomic mass is 9.79. The monoisotopic (exact) mass is 873 g/mol. The molecule has 1 aliphatic heterocycles. The molecule has 0 bridgehead atoms. The van der Waals surface area contributed by atoms with E-state index in [1.54, 1.807) is 30.3 Å². The average Bonchev–Trinajstić information content (AvgIpc) is 3.95. The highest BCUT2D eigenvalue weighted by Crippen LogP contribution is 2.47. The molecule has 0 aliphatic carbocycles. The van der Waals surface area contributed by atoms with Crippen LogP contribution < -0.4 is 10.9 Å². The second kappa shape index (κ2) is 18.3. The van der Waals surface area contributed by atoms with E-state index in [0.717, 1.165) is 33.4 Å². The van der Waals surface area contributed by atoms with Gasteiger partial charge in [-0.05, 0) is 45.5 Å². The van der Waals surface area contributed by atoms with Gasteiger partial charge in [0.2, 0.25) is 5.95 Å². The van der Waals surface area contributed by atoms with E-state index in [0.29, 0.717) is 5.56 Å². The van der Waals surface area contributed by atoms with E-state index in [-0.39, 0.29) is 23.7 Å². The molecule has 66 heavy (non-hydrogen) atoms. The molecule has 10 nitrogen and oxygen atoms in total. The van der Waals surface area contributed by atoms with Crippen molar-refractivity contribution in [3.63, 3.8) is 0 Å². The van der Waals surface area contributed by atoms with E-state index in [4.69, 9.17) is 14.2 Å². The quantitative estimate of drug-likeness (QED) is 0.104. The number of rotatable bonds is 14. The zero-order valence-corrected chi connectivity index (χ0v) is 35.6. The molecule has 0 unspecified atom stereocenters. The molecule has 9 aromatic rings. The standard InChI is InChI=1S/C55H44FN5O5/c56-46-48(66-55(42-30-16-5-17-31-42,43-32-18-6-19-33-43)44-34-20-7-21-35-44)45(36-64-54(39-24-10-2-11-25-39,40-26-12-3-13-27-40)41-28-14-4-15-29-41)65-52(46)61-37-57-47-49(61)58-53(60-51(47)63)59-50(62)38-22-8-1-9-23-38/h1-35,37,45-46,48,52H,36H2,(H2,58,59,60,62,63)/t45-,46+,48-,52-/m1/s1. The fraction of sp³-hybridized carbons (Fsp3) is 0.127. The van der Waals surface area contributed by atoms with Crippen LogP contribution in [0.2, 0.25) is 0 Å². The van der Waals surface area contributed by atoms with Crippen molar-refractivity contribution >= 4 is 23.0 Å². The lowest BCUT2D eigenvalue weighted by Crippen LogP contribution is -2.45. The minimum Gasteiger partial charge on any atom is -0.358 e. The normalized spacial score (nSPS) is 17.4. The number of hydrogen-bond acceptors (Lipinski definition) is 7. The van der Waals surface area contributed by atoms with Crippen LogP contribution in [0.25, 0.3) is 11.2 Å². The molecule has 7 aromatic carbocycles. The molecule has 1 saturated heterocycles. The third-order valence-electron chi connectivity index (χ3n) is 12.1. The number of halogens is 1. The Morgan fingerprint density at radius 3 is 1.47 bits per heavy atom. The first kappa shape index (κ1) is 42.1. The first-order chi connectivity index (χ1) is 32.5. The number of imidazole rings is 1. The van der Waals surface area contributed by atoms with Crippen molar-refractivity contribution in [1.82, 2.24) is 19.5 Å². The summed E-state index contributed by atoms with van der Waals surface area (Å²) in [6.45, 7) is -0.159. The van der Waals surface area contributed by atoms with Crippen LogP contribution in [0.15, 0.2) is 223 Å². The average molecular weight is 874 g/mol. The molecule has 326 valence electrons. The number of carbonyl (C=O) groups is 1. The molecule has 1 fully saturated rings. The number of anilines is 1. The van der Waals surface area contributed by atoms with Crippen LogP contribution in [0.3, 0.4) is 0 Å². The number of fused-ring (bicyclic) bond motifs is 1. The Kier molecular flexibility index (Phi) is 11.7. The van der Waals surface area contributed by atoms with E-state index >= 15 is 4.39 Å². The summed E-state index contributed by atoms with van der Waals surface area (Å²) in [5.74, 6) is -0.632. The minimum atomic E-state index is -1.89. The second-order valence-electron chi connectivity index (χ2n) is 16.0. The molecule has 1 aliphatic rings. The smallest absolute Gasteiger partial charge is 0.280 e. The summed E-state index contributed by atoms with van der Waals surface area (Å²) in [7, 11) is 0. The Morgan fingerprint density at radius 2 is 1.03 bits per heavy atom. The maximum absolute atomic E-state index is 18.4. The number of alkyl halides is 1. The minimum absolute atomic E-state index is 0.00252. The fourth-order valence-corrected chi connectivity index (χ4v) is 9.04. The van der Waals surface area contributed by atoms with Crippen LogP contribution in [0.1, 0.15) is 50.0 Å². The first-order valence-electron chi connectivity index (χ1n) is 21.7. The summed E-state index contributed by atoms with van der Waals surface area (Å²) in [5.41, 5.74) is 2.00. The van der Waals surface area contributed by atoms with Gasteiger partial charge in [0.05, 0.1) is 12.9 Å². The van der Waals surface area contributed by atoms with Crippen molar-refractivity contribution in [3.05, 3.63) is 268 Å². The molecule has 10 rings (SSSR count). The molecule has 2 aromatic heterocycles. The Balaban J connectivity index is 1.12. The highest BCUT2D eigenvalue weighted by atomic mass is 19.1. The summed E-state index contributed by atoms with van der Waals surface area (Å²) in [4.78, 5) is 38.3. The Morgan fingerprint density at radius 1 is 0.621 bits per heavy atom. The molecule has 3 heterocycles. The van der Waals surface area contributed by atoms with Crippen LogP contribution in [-0.4, -0.2) is 50.4 Å². The van der Waals surface area contributed by atoms with Crippen LogP contribution >= 0.6 is 0 Å². The predicted molar refractivity (Wildman–Crippen MR) is 251 cm³/mol. The van der Waals surface area contributed by atoms with Gasteiger partial charge >= 0.3 is 0 Å². The number of nitrogens with zero attached hydrogens (tertiary/aromatic N) is 3. The number of hydrogen-bond donors (Lipinski definition) is 2. The van der Waals surface area contributed by atoms with Gasteiger partial charge in [-0.3, -0.25) is 24.5 Å². The predicted octanol–water partition coefficient (Wildman–Crippen LogP) is 9.99. The Bertz CT molecular complexity index is 2900. The topological polar surface area (TPSA) is 120 Å². The van der Waals surface area contributed by atoms with E-state index < -0.39 is 47.3 Å². The number of aromatic amines is 1. The highest BCUT2D eigenvalue weighted by molar-refractivity contribution is 6.03. The van der Waals surface area contributed by atoms with Crippen molar-refractivity contribution in [2.45, 2.75) is 35.8 Å². The van der Waals surface area contributed by atoms with E-state index in [1.165, 1.54) is 10.9 Å². The van der Waals surface area contributed by atoms with E-state index in [1.807, 2.05) is 182 Å². The molecule has 0 spiro atoms. The zero-order chi connectivity index (χ0) is 44.9. The first-order valence-corrected chi connectivity index (χ1v) is 21.7.